The second-order valence-corrected chi connectivity index (χ2v) is 4.29. The maximum atomic E-state index is 11.0. The molecule has 1 aliphatic rings. The number of cyclic esters (lactones) is 1. The molecule has 0 N–H and O–H groups in total. The van der Waals surface area contributed by atoms with Gasteiger partial charge in [0.25, 0.3) is 0 Å². The number of ether oxygens (including phenoxy) is 1. The third-order valence-corrected chi connectivity index (χ3v) is 2.21. The second-order valence-electron chi connectivity index (χ2n) is 4.29. The summed E-state index contributed by atoms with van der Waals surface area (Å²) in [7, 11) is 0. The van der Waals surface area contributed by atoms with E-state index in [1.165, 1.54) is 0 Å². The Balaban J connectivity index is 2.39. The van der Waals surface area contributed by atoms with Crippen molar-refractivity contribution in [3.8, 4) is 0 Å². The van der Waals surface area contributed by atoms with Gasteiger partial charge in [-0.1, -0.05) is 20.8 Å². The van der Waals surface area contributed by atoms with Crippen molar-refractivity contribution in [1.29, 1.82) is 0 Å². The van der Waals surface area contributed by atoms with Gasteiger partial charge in [-0.2, -0.15) is 0 Å². The normalized spacial score (nSPS) is 30.5. The molecule has 1 saturated heterocycles. The molecule has 0 aromatic carbocycles. The molecule has 1 heterocycles. The fourth-order valence-corrected chi connectivity index (χ4v) is 1.77. The third-order valence-electron chi connectivity index (χ3n) is 2.21. The van der Waals surface area contributed by atoms with Crippen molar-refractivity contribution in [2.24, 2.45) is 11.8 Å². The Morgan fingerprint density at radius 1 is 1.58 bits per heavy atom. The first-order valence-electron chi connectivity index (χ1n) is 4.77. The highest BCUT2D eigenvalue weighted by atomic mass is 16.5. The Morgan fingerprint density at radius 2 is 2.25 bits per heavy atom. The molecule has 0 spiro atoms. The van der Waals surface area contributed by atoms with E-state index in [9.17, 15) is 4.79 Å². The minimum absolute atomic E-state index is 0.0144. The van der Waals surface area contributed by atoms with E-state index in [-0.39, 0.29) is 12.1 Å². The number of carbonyl (C=O) groups is 1. The lowest BCUT2D eigenvalue weighted by Crippen LogP contribution is -2.29. The fourth-order valence-electron chi connectivity index (χ4n) is 1.77. The van der Waals surface area contributed by atoms with Crippen LogP contribution < -0.4 is 0 Å². The topological polar surface area (TPSA) is 26.3 Å². The van der Waals surface area contributed by atoms with Gasteiger partial charge in [0, 0.05) is 6.42 Å². The first kappa shape index (κ1) is 9.56. The molecule has 1 rings (SSSR count). The van der Waals surface area contributed by atoms with Gasteiger partial charge in [0.05, 0.1) is 0 Å². The van der Waals surface area contributed by atoms with E-state index in [0.29, 0.717) is 18.3 Å². The number of carbonyl (C=O) groups excluding carboxylic acids is 1. The Kier molecular flexibility index (Phi) is 3.12. The van der Waals surface area contributed by atoms with Crippen LogP contribution in [-0.4, -0.2) is 12.1 Å². The van der Waals surface area contributed by atoms with Crippen LogP contribution in [0.2, 0.25) is 0 Å². The van der Waals surface area contributed by atoms with Gasteiger partial charge in [0.2, 0.25) is 0 Å². The number of rotatable bonds is 2. The molecule has 0 aliphatic carbocycles. The molecule has 1 aliphatic heterocycles. The minimum atomic E-state index is -0.0144. The lowest BCUT2D eigenvalue weighted by Gasteiger charge is -2.27. The van der Waals surface area contributed by atoms with Crippen molar-refractivity contribution in [1.82, 2.24) is 0 Å². The van der Waals surface area contributed by atoms with Crippen molar-refractivity contribution in [2.45, 2.75) is 46.1 Å². The largest absolute Gasteiger partial charge is 0.462 e. The minimum Gasteiger partial charge on any atom is -0.462 e. The average Bonchev–Trinajstić information content (AvgIpc) is 1.81. The zero-order valence-electron chi connectivity index (χ0n) is 8.17. The Morgan fingerprint density at radius 3 is 2.75 bits per heavy atom. The number of hydrogen-bond donors (Lipinski definition) is 0. The zero-order chi connectivity index (χ0) is 9.14. The van der Waals surface area contributed by atoms with Gasteiger partial charge in [0.15, 0.2) is 0 Å². The predicted octanol–water partition coefficient (Wildman–Crippen LogP) is 2.37. The summed E-state index contributed by atoms with van der Waals surface area (Å²) in [6, 6.07) is 0. The summed E-state index contributed by atoms with van der Waals surface area (Å²) in [5, 5.41) is 0. The van der Waals surface area contributed by atoms with Crippen LogP contribution in [-0.2, 0) is 9.53 Å². The van der Waals surface area contributed by atoms with Crippen LogP contribution in [0.1, 0.15) is 40.0 Å². The van der Waals surface area contributed by atoms with Gasteiger partial charge < -0.3 is 4.74 Å². The Hall–Kier alpha value is -0.530. The molecule has 0 bridgehead atoms. The molecule has 0 saturated carbocycles. The summed E-state index contributed by atoms with van der Waals surface area (Å²) < 4.78 is 5.23. The standard InChI is InChI=1S/C10H18O2/c1-7(2)4-9-5-8(3)6-10(11)12-9/h7-9H,4-6H2,1-3H3/t8-,9-/m1/s1. The highest BCUT2D eigenvalue weighted by Crippen LogP contribution is 2.24. The molecule has 1 fully saturated rings. The van der Waals surface area contributed by atoms with E-state index in [1.54, 1.807) is 0 Å². The molecule has 70 valence electrons. The molecular weight excluding hydrogens is 152 g/mol. The van der Waals surface area contributed by atoms with E-state index in [4.69, 9.17) is 4.74 Å². The summed E-state index contributed by atoms with van der Waals surface area (Å²) >= 11 is 0. The van der Waals surface area contributed by atoms with E-state index in [0.717, 1.165) is 12.8 Å². The zero-order valence-corrected chi connectivity index (χ0v) is 8.17. The van der Waals surface area contributed by atoms with E-state index in [1.807, 2.05) is 0 Å². The van der Waals surface area contributed by atoms with Crippen LogP contribution in [0, 0.1) is 11.8 Å². The van der Waals surface area contributed by atoms with Crippen LogP contribution in [0.5, 0.6) is 0 Å². The Bertz CT molecular complexity index is 161. The average molecular weight is 170 g/mol. The first-order valence-corrected chi connectivity index (χ1v) is 4.77. The summed E-state index contributed by atoms with van der Waals surface area (Å²) in [5.74, 6) is 1.11. The molecule has 2 atom stereocenters. The fraction of sp³-hybridized carbons (Fsp3) is 0.900. The predicted molar refractivity (Wildman–Crippen MR) is 47.7 cm³/mol. The van der Waals surface area contributed by atoms with Gasteiger partial charge in [-0.25, -0.2) is 0 Å². The summed E-state index contributed by atoms with van der Waals surface area (Å²) in [5.41, 5.74) is 0. The molecule has 0 aromatic rings. The molecule has 2 heteroatoms. The molecular formula is C10H18O2. The van der Waals surface area contributed by atoms with Crippen LogP contribution in [0.3, 0.4) is 0 Å². The van der Waals surface area contributed by atoms with Gasteiger partial charge in [0.1, 0.15) is 6.10 Å². The summed E-state index contributed by atoms with van der Waals surface area (Å²) in [4.78, 5) is 11.0. The van der Waals surface area contributed by atoms with E-state index >= 15 is 0 Å². The van der Waals surface area contributed by atoms with Gasteiger partial charge >= 0.3 is 5.97 Å². The molecule has 0 aromatic heterocycles. The molecule has 0 amide bonds. The van der Waals surface area contributed by atoms with Crippen LogP contribution in [0.15, 0.2) is 0 Å². The van der Waals surface area contributed by atoms with Crippen molar-refractivity contribution in [3.63, 3.8) is 0 Å². The van der Waals surface area contributed by atoms with Crippen molar-refractivity contribution >= 4 is 5.97 Å². The van der Waals surface area contributed by atoms with Crippen molar-refractivity contribution in [2.75, 3.05) is 0 Å². The molecule has 0 unspecified atom stereocenters. The molecule has 0 radical (unpaired) electrons. The number of esters is 1. The lowest BCUT2D eigenvalue weighted by atomic mass is 9.92. The van der Waals surface area contributed by atoms with Crippen molar-refractivity contribution in [3.05, 3.63) is 0 Å². The highest BCUT2D eigenvalue weighted by Gasteiger charge is 2.25. The van der Waals surface area contributed by atoms with Crippen LogP contribution in [0.25, 0.3) is 0 Å². The second kappa shape index (κ2) is 3.92. The van der Waals surface area contributed by atoms with Crippen molar-refractivity contribution < 1.29 is 9.53 Å². The SMILES string of the molecule is CC(C)C[C@@H]1C[C@@H](C)CC(=O)O1. The first-order chi connectivity index (χ1) is 5.58. The highest BCUT2D eigenvalue weighted by molar-refractivity contribution is 5.70. The smallest absolute Gasteiger partial charge is 0.306 e. The quantitative estimate of drug-likeness (QED) is 0.595. The molecule has 12 heavy (non-hydrogen) atoms. The third kappa shape index (κ3) is 2.84. The van der Waals surface area contributed by atoms with E-state index in [2.05, 4.69) is 20.8 Å². The van der Waals surface area contributed by atoms with Gasteiger partial charge in [-0.3, -0.25) is 4.79 Å². The molecule has 2 nitrogen and oxygen atoms in total. The lowest BCUT2D eigenvalue weighted by molar-refractivity contribution is -0.157. The summed E-state index contributed by atoms with van der Waals surface area (Å²) in [6.45, 7) is 6.44. The number of hydrogen-bond acceptors (Lipinski definition) is 2. The maximum Gasteiger partial charge on any atom is 0.306 e. The van der Waals surface area contributed by atoms with Gasteiger partial charge in [-0.15, -0.1) is 0 Å². The Labute approximate surface area is 74.3 Å². The van der Waals surface area contributed by atoms with Gasteiger partial charge in [-0.05, 0) is 24.7 Å². The van der Waals surface area contributed by atoms with E-state index < -0.39 is 0 Å². The van der Waals surface area contributed by atoms with Crippen LogP contribution in [0.4, 0.5) is 0 Å². The monoisotopic (exact) mass is 170 g/mol. The summed E-state index contributed by atoms with van der Waals surface area (Å²) in [6.07, 6.45) is 2.84. The maximum absolute atomic E-state index is 11.0. The van der Waals surface area contributed by atoms with Crippen LogP contribution >= 0.6 is 0 Å².